The second-order valence-corrected chi connectivity index (χ2v) is 7.05. The molecule has 1 unspecified atom stereocenters. The summed E-state index contributed by atoms with van der Waals surface area (Å²) in [4.78, 5) is 3.87. The molecule has 0 amide bonds. The van der Waals surface area contributed by atoms with Gasteiger partial charge in [0.05, 0.1) is 0 Å². The Hall–Kier alpha value is 0.1000. The van der Waals surface area contributed by atoms with Gasteiger partial charge in [0.1, 0.15) is 0 Å². The third kappa shape index (κ3) is 3.29. The van der Waals surface area contributed by atoms with E-state index >= 15 is 0 Å². The van der Waals surface area contributed by atoms with Gasteiger partial charge in [-0.2, -0.15) is 0 Å². The molecule has 1 aliphatic heterocycles. The van der Waals surface area contributed by atoms with Crippen molar-refractivity contribution in [3.63, 3.8) is 0 Å². The van der Waals surface area contributed by atoms with Crippen LogP contribution in [0.1, 0.15) is 18.2 Å². The van der Waals surface area contributed by atoms with Crippen LogP contribution in [0.5, 0.6) is 0 Å². The molecular formula is C12H19BrN2S. The summed E-state index contributed by atoms with van der Waals surface area (Å²) in [6, 6.07) is 2.22. The minimum atomic E-state index is 0.462. The third-order valence-corrected chi connectivity index (χ3v) is 4.84. The largest absolute Gasteiger partial charge is 0.316 e. The number of thiophene rings is 1. The number of hydrogen-bond acceptors (Lipinski definition) is 3. The third-order valence-electron chi connectivity index (χ3n) is 3.16. The molecule has 16 heavy (non-hydrogen) atoms. The van der Waals surface area contributed by atoms with E-state index in [4.69, 9.17) is 0 Å². The van der Waals surface area contributed by atoms with Crippen molar-refractivity contribution in [3.8, 4) is 0 Å². The van der Waals surface area contributed by atoms with Crippen LogP contribution in [0.25, 0.3) is 0 Å². The van der Waals surface area contributed by atoms with E-state index in [0.717, 1.165) is 13.1 Å². The Kier molecular flexibility index (Phi) is 4.06. The van der Waals surface area contributed by atoms with Gasteiger partial charge in [-0.25, -0.2) is 0 Å². The molecule has 2 nitrogen and oxygen atoms in total. The first kappa shape index (κ1) is 12.6. The SMILES string of the molecule is CN(Cc1cc(Br)cs1)CC1(C)CCNC1. The first-order valence-corrected chi connectivity index (χ1v) is 7.37. The summed E-state index contributed by atoms with van der Waals surface area (Å²) in [5.41, 5.74) is 0.462. The molecule has 0 aliphatic carbocycles. The van der Waals surface area contributed by atoms with E-state index in [2.05, 4.69) is 51.6 Å². The lowest BCUT2D eigenvalue weighted by Gasteiger charge is -2.28. The lowest BCUT2D eigenvalue weighted by Crippen LogP contribution is -2.34. The fourth-order valence-electron chi connectivity index (χ4n) is 2.41. The van der Waals surface area contributed by atoms with Crippen molar-refractivity contribution in [2.24, 2.45) is 5.41 Å². The number of rotatable bonds is 4. The topological polar surface area (TPSA) is 15.3 Å². The van der Waals surface area contributed by atoms with E-state index in [1.54, 1.807) is 0 Å². The zero-order chi connectivity index (χ0) is 11.6. The Bertz CT molecular complexity index is 345. The molecule has 1 aliphatic rings. The fourth-order valence-corrected chi connectivity index (χ4v) is 3.94. The van der Waals surface area contributed by atoms with Crippen molar-refractivity contribution in [1.82, 2.24) is 10.2 Å². The maximum Gasteiger partial charge on any atom is 0.0325 e. The highest BCUT2D eigenvalue weighted by Gasteiger charge is 2.29. The van der Waals surface area contributed by atoms with Gasteiger partial charge in [-0.1, -0.05) is 6.92 Å². The summed E-state index contributed by atoms with van der Waals surface area (Å²) < 4.78 is 1.20. The van der Waals surface area contributed by atoms with Crippen LogP contribution in [-0.4, -0.2) is 31.6 Å². The first-order valence-electron chi connectivity index (χ1n) is 5.70. The average Bonchev–Trinajstić information content (AvgIpc) is 2.75. The summed E-state index contributed by atoms with van der Waals surface area (Å²) in [7, 11) is 2.22. The van der Waals surface area contributed by atoms with Crippen LogP contribution in [-0.2, 0) is 6.54 Å². The van der Waals surface area contributed by atoms with Gasteiger partial charge in [0.2, 0.25) is 0 Å². The molecule has 0 radical (unpaired) electrons. The van der Waals surface area contributed by atoms with E-state index in [-0.39, 0.29) is 0 Å². The van der Waals surface area contributed by atoms with Gasteiger partial charge in [0.25, 0.3) is 0 Å². The molecule has 2 rings (SSSR count). The molecule has 1 aromatic heterocycles. The van der Waals surface area contributed by atoms with Crippen LogP contribution in [0, 0.1) is 5.41 Å². The predicted molar refractivity (Wildman–Crippen MR) is 73.9 cm³/mol. The smallest absolute Gasteiger partial charge is 0.0325 e. The van der Waals surface area contributed by atoms with Gasteiger partial charge in [-0.05, 0) is 47.4 Å². The van der Waals surface area contributed by atoms with Crippen LogP contribution in [0.4, 0.5) is 0 Å². The van der Waals surface area contributed by atoms with Crippen LogP contribution in [0.3, 0.4) is 0 Å². The molecule has 0 bridgehead atoms. The molecule has 1 atom stereocenters. The van der Waals surface area contributed by atoms with Crippen molar-refractivity contribution in [2.45, 2.75) is 19.9 Å². The Morgan fingerprint density at radius 3 is 3.00 bits per heavy atom. The van der Waals surface area contributed by atoms with Crippen molar-refractivity contribution in [2.75, 3.05) is 26.7 Å². The highest BCUT2D eigenvalue weighted by molar-refractivity contribution is 9.10. The fraction of sp³-hybridized carbons (Fsp3) is 0.667. The van der Waals surface area contributed by atoms with Crippen molar-refractivity contribution < 1.29 is 0 Å². The molecule has 90 valence electrons. The molecule has 2 heterocycles. The lowest BCUT2D eigenvalue weighted by molar-refractivity contribution is 0.204. The van der Waals surface area contributed by atoms with Crippen LogP contribution in [0.2, 0.25) is 0 Å². The standard InChI is InChI=1S/C12H19BrN2S/c1-12(3-4-14-8-12)9-15(2)6-11-5-10(13)7-16-11/h5,7,14H,3-4,6,8-9H2,1-2H3. The molecular weight excluding hydrogens is 284 g/mol. The normalized spacial score (nSPS) is 25.5. The Balaban J connectivity index is 1.86. The minimum Gasteiger partial charge on any atom is -0.316 e. The Labute approximate surface area is 110 Å². The molecule has 0 saturated carbocycles. The second-order valence-electron chi connectivity index (χ2n) is 5.14. The minimum absolute atomic E-state index is 0.462. The number of nitrogens with one attached hydrogen (secondary N) is 1. The Morgan fingerprint density at radius 1 is 1.62 bits per heavy atom. The number of hydrogen-bond donors (Lipinski definition) is 1. The predicted octanol–water partition coefficient (Wildman–Crippen LogP) is 2.94. The van der Waals surface area contributed by atoms with Crippen molar-refractivity contribution in [1.29, 1.82) is 0 Å². The monoisotopic (exact) mass is 302 g/mol. The molecule has 1 aromatic rings. The molecule has 1 saturated heterocycles. The van der Waals surface area contributed by atoms with E-state index in [9.17, 15) is 0 Å². The summed E-state index contributed by atoms with van der Waals surface area (Å²) >= 11 is 5.33. The van der Waals surface area contributed by atoms with E-state index < -0.39 is 0 Å². The van der Waals surface area contributed by atoms with Gasteiger partial charge < -0.3 is 10.2 Å². The summed E-state index contributed by atoms with van der Waals surface area (Å²) in [5.74, 6) is 0. The average molecular weight is 303 g/mol. The lowest BCUT2D eigenvalue weighted by atomic mass is 9.89. The van der Waals surface area contributed by atoms with Gasteiger partial charge in [0.15, 0.2) is 0 Å². The highest BCUT2D eigenvalue weighted by Crippen LogP contribution is 2.27. The zero-order valence-corrected chi connectivity index (χ0v) is 12.3. The Morgan fingerprint density at radius 2 is 2.44 bits per heavy atom. The van der Waals surface area contributed by atoms with E-state index in [1.807, 2.05) is 11.3 Å². The second kappa shape index (κ2) is 5.17. The highest BCUT2D eigenvalue weighted by atomic mass is 79.9. The zero-order valence-electron chi connectivity index (χ0n) is 9.92. The quantitative estimate of drug-likeness (QED) is 0.920. The van der Waals surface area contributed by atoms with Gasteiger partial charge >= 0.3 is 0 Å². The molecule has 4 heteroatoms. The van der Waals surface area contributed by atoms with Crippen LogP contribution in [0.15, 0.2) is 15.9 Å². The molecule has 0 aromatic carbocycles. The summed E-state index contributed by atoms with van der Waals surface area (Å²) in [5, 5.41) is 5.61. The first-order chi connectivity index (χ1) is 7.57. The van der Waals surface area contributed by atoms with Crippen molar-refractivity contribution >= 4 is 27.3 Å². The molecule has 1 fully saturated rings. The molecule has 1 N–H and O–H groups in total. The molecule has 0 spiro atoms. The van der Waals surface area contributed by atoms with Gasteiger partial charge in [-0.15, -0.1) is 11.3 Å². The van der Waals surface area contributed by atoms with Crippen LogP contribution >= 0.6 is 27.3 Å². The van der Waals surface area contributed by atoms with E-state index in [1.165, 1.54) is 28.9 Å². The summed E-state index contributed by atoms with van der Waals surface area (Å²) in [6.07, 6.45) is 1.30. The van der Waals surface area contributed by atoms with Crippen LogP contribution < -0.4 is 5.32 Å². The van der Waals surface area contributed by atoms with Gasteiger partial charge in [0, 0.05) is 34.4 Å². The maximum atomic E-state index is 3.50. The van der Waals surface area contributed by atoms with Gasteiger partial charge in [-0.3, -0.25) is 0 Å². The van der Waals surface area contributed by atoms with E-state index in [0.29, 0.717) is 5.41 Å². The van der Waals surface area contributed by atoms with Crippen molar-refractivity contribution in [3.05, 3.63) is 20.8 Å². The maximum absolute atomic E-state index is 3.50. The number of nitrogens with zero attached hydrogens (tertiary/aromatic N) is 1. The summed E-state index contributed by atoms with van der Waals surface area (Å²) in [6.45, 7) is 6.95. The number of halogens is 1.